The number of hydrogen-bond donors (Lipinski definition) is 1. The highest BCUT2D eigenvalue weighted by atomic mass is 19.2. The largest absolute Gasteiger partial charge is 0.475 e. The number of hydrogen-bond acceptors (Lipinski definition) is 2. The van der Waals surface area contributed by atoms with Crippen molar-refractivity contribution in [3.8, 4) is 18.1 Å². The van der Waals surface area contributed by atoms with E-state index < -0.39 is 41.3 Å². The maximum absolute atomic E-state index is 13.9. The molecule has 1 N–H and O–H groups in total. The fourth-order valence-corrected chi connectivity index (χ4v) is 2.33. The van der Waals surface area contributed by atoms with Gasteiger partial charge in [0.1, 0.15) is 6.61 Å². The van der Waals surface area contributed by atoms with E-state index >= 15 is 0 Å². The van der Waals surface area contributed by atoms with Gasteiger partial charge in [-0.2, -0.15) is 4.39 Å². The first-order valence-corrected chi connectivity index (χ1v) is 7.00. The van der Waals surface area contributed by atoms with Crippen molar-refractivity contribution in [3.05, 3.63) is 29.1 Å². The van der Waals surface area contributed by atoms with Gasteiger partial charge in [0.05, 0.1) is 5.56 Å². The minimum absolute atomic E-state index is 0.177. The van der Waals surface area contributed by atoms with Gasteiger partial charge in [0, 0.05) is 6.04 Å². The topological polar surface area (TPSA) is 38.3 Å². The van der Waals surface area contributed by atoms with Gasteiger partial charge in [-0.1, -0.05) is 12.3 Å². The van der Waals surface area contributed by atoms with Crippen LogP contribution in [-0.4, -0.2) is 18.6 Å². The van der Waals surface area contributed by atoms with Crippen molar-refractivity contribution in [2.75, 3.05) is 6.61 Å². The van der Waals surface area contributed by atoms with Crippen molar-refractivity contribution in [1.82, 2.24) is 5.32 Å². The fraction of sp³-hybridized carbons (Fsp3) is 0.438. The van der Waals surface area contributed by atoms with Crippen molar-refractivity contribution in [1.29, 1.82) is 0 Å². The van der Waals surface area contributed by atoms with Crippen LogP contribution in [0.2, 0.25) is 0 Å². The molecule has 0 bridgehead atoms. The number of carbonyl (C=O) groups excluding carboxylic acids is 1. The molecule has 0 radical (unpaired) electrons. The van der Waals surface area contributed by atoms with Gasteiger partial charge in [-0.05, 0) is 31.7 Å². The quantitative estimate of drug-likeness (QED) is 0.670. The molecule has 1 aliphatic carbocycles. The summed E-state index contributed by atoms with van der Waals surface area (Å²) in [5, 5.41) is 2.57. The monoisotopic (exact) mass is 311 g/mol. The van der Waals surface area contributed by atoms with E-state index in [4.69, 9.17) is 6.42 Å². The van der Waals surface area contributed by atoms with Crippen molar-refractivity contribution >= 4 is 5.91 Å². The van der Waals surface area contributed by atoms with Crippen LogP contribution in [0, 0.1) is 35.7 Å². The molecule has 0 unspecified atom stereocenters. The number of carbonyl (C=O) groups is 1. The Kier molecular flexibility index (Phi) is 4.96. The van der Waals surface area contributed by atoms with Gasteiger partial charge < -0.3 is 10.1 Å². The van der Waals surface area contributed by atoms with Crippen LogP contribution < -0.4 is 10.1 Å². The predicted molar refractivity (Wildman–Crippen MR) is 74.9 cm³/mol. The smallest absolute Gasteiger partial charge is 0.254 e. The minimum Gasteiger partial charge on any atom is -0.475 e. The molecule has 0 aliphatic heterocycles. The minimum atomic E-state index is -1.56. The molecule has 1 aliphatic rings. The van der Waals surface area contributed by atoms with Gasteiger partial charge in [0.25, 0.3) is 5.91 Å². The highest BCUT2D eigenvalue weighted by Crippen LogP contribution is 2.30. The first-order valence-electron chi connectivity index (χ1n) is 7.00. The molecule has 6 heteroatoms. The van der Waals surface area contributed by atoms with E-state index in [0.717, 1.165) is 19.3 Å². The van der Waals surface area contributed by atoms with Crippen molar-refractivity contribution in [2.45, 2.75) is 32.2 Å². The number of halogens is 3. The Hall–Kier alpha value is -2.16. The normalized spacial score (nSPS) is 15.6. The average molecular weight is 311 g/mol. The third kappa shape index (κ3) is 3.19. The van der Waals surface area contributed by atoms with Crippen molar-refractivity contribution < 1.29 is 22.7 Å². The molecule has 1 fully saturated rings. The van der Waals surface area contributed by atoms with Gasteiger partial charge in [-0.15, -0.1) is 6.42 Å². The second kappa shape index (κ2) is 6.73. The number of terminal acetylenes is 1. The maximum Gasteiger partial charge on any atom is 0.254 e. The molecule has 1 amide bonds. The van der Waals surface area contributed by atoms with E-state index in [2.05, 4.69) is 10.1 Å². The third-order valence-electron chi connectivity index (χ3n) is 3.88. The van der Waals surface area contributed by atoms with Crippen LogP contribution in [0.25, 0.3) is 0 Å². The summed E-state index contributed by atoms with van der Waals surface area (Å²) in [6.45, 7) is 1.38. The predicted octanol–water partition coefficient (Wildman–Crippen LogP) is 3.03. The Morgan fingerprint density at radius 3 is 2.68 bits per heavy atom. The standard InChI is InChI=1S/C16H16F3NO2/c1-3-7-22-15-12(17)8-11(13(18)14(15)19)16(21)20-9(2)10-5-4-6-10/h1,8-10H,4-7H2,2H3,(H,20,21)/t9-/m1/s1. The second-order valence-corrected chi connectivity index (χ2v) is 5.31. The zero-order valence-electron chi connectivity index (χ0n) is 12.1. The summed E-state index contributed by atoms with van der Waals surface area (Å²) < 4.78 is 46.1. The number of nitrogens with one attached hydrogen (secondary N) is 1. The molecular formula is C16H16F3NO2. The fourth-order valence-electron chi connectivity index (χ4n) is 2.33. The first-order chi connectivity index (χ1) is 10.5. The summed E-state index contributed by atoms with van der Waals surface area (Å²) in [5.74, 6) is -3.61. The molecule has 1 aromatic carbocycles. The van der Waals surface area contributed by atoms with Crippen molar-refractivity contribution in [3.63, 3.8) is 0 Å². The molecule has 3 nitrogen and oxygen atoms in total. The number of rotatable bonds is 5. The average Bonchev–Trinajstić information content (AvgIpc) is 2.40. The molecule has 1 aromatic rings. The Labute approximate surface area is 126 Å². The molecule has 1 saturated carbocycles. The first kappa shape index (κ1) is 16.2. The van der Waals surface area contributed by atoms with Crippen LogP contribution in [0.1, 0.15) is 36.5 Å². The maximum atomic E-state index is 13.9. The zero-order valence-corrected chi connectivity index (χ0v) is 12.1. The van der Waals surface area contributed by atoms with Crippen LogP contribution in [0.4, 0.5) is 13.2 Å². The lowest BCUT2D eigenvalue weighted by Gasteiger charge is -2.31. The molecule has 1 atom stereocenters. The van der Waals surface area contributed by atoms with Crippen LogP contribution in [0.15, 0.2) is 6.07 Å². The highest BCUT2D eigenvalue weighted by Gasteiger charge is 2.28. The van der Waals surface area contributed by atoms with Gasteiger partial charge in [-0.25, -0.2) is 8.78 Å². The molecule has 0 saturated heterocycles. The summed E-state index contributed by atoms with van der Waals surface area (Å²) in [4.78, 5) is 12.0. The van der Waals surface area contributed by atoms with Gasteiger partial charge in [-0.3, -0.25) is 4.79 Å². The van der Waals surface area contributed by atoms with Gasteiger partial charge in [0.15, 0.2) is 17.4 Å². The molecule has 2 rings (SSSR count). The molecule has 0 aromatic heterocycles. The van der Waals surface area contributed by atoms with E-state index in [0.29, 0.717) is 12.0 Å². The van der Waals surface area contributed by atoms with Crippen LogP contribution in [0.5, 0.6) is 5.75 Å². The Morgan fingerprint density at radius 1 is 1.45 bits per heavy atom. The zero-order chi connectivity index (χ0) is 16.3. The van der Waals surface area contributed by atoms with Crippen LogP contribution in [0.3, 0.4) is 0 Å². The van der Waals surface area contributed by atoms with E-state index in [-0.39, 0.29) is 6.04 Å². The number of amides is 1. The second-order valence-electron chi connectivity index (χ2n) is 5.31. The Balaban J connectivity index is 2.20. The van der Waals surface area contributed by atoms with E-state index in [1.54, 1.807) is 6.92 Å². The number of benzene rings is 1. The lowest BCUT2D eigenvalue weighted by molar-refractivity contribution is 0.0903. The van der Waals surface area contributed by atoms with Crippen LogP contribution >= 0.6 is 0 Å². The van der Waals surface area contributed by atoms with Gasteiger partial charge >= 0.3 is 0 Å². The van der Waals surface area contributed by atoms with Crippen molar-refractivity contribution in [2.24, 2.45) is 5.92 Å². The summed E-state index contributed by atoms with van der Waals surface area (Å²) in [7, 11) is 0. The van der Waals surface area contributed by atoms with E-state index in [1.807, 2.05) is 5.92 Å². The molecule has 118 valence electrons. The summed E-state index contributed by atoms with van der Waals surface area (Å²) in [5.41, 5.74) is -0.686. The molecule has 0 heterocycles. The van der Waals surface area contributed by atoms with E-state index in [1.165, 1.54) is 0 Å². The van der Waals surface area contributed by atoms with Crippen LogP contribution in [-0.2, 0) is 0 Å². The van der Waals surface area contributed by atoms with E-state index in [9.17, 15) is 18.0 Å². The lowest BCUT2D eigenvalue weighted by atomic mass is 9.80. The Morgan fingerprint density at radius 2 is 2.14 bits per heavy atom. The summed E-state index contributed by atoms with van der Waals surface area (Å²) in [6, 6.07) is 0.441. The SMILES string of the molecule is C#CCOc1c(F)cc(C(=O)N[C@H](C)C2CCC2)c(F)c1F. The third-order valence-corrected chi connectivity index (χ3v) is 3.88. The molecule has 22 heavy (non-hydrogen) atoms. The van der Waals surface area contributed by atoms with Gasteiger partial charge in [0.2, 0.25) is 5.82 Å². The molecule has 0 spiro atoms. The summed E-state index contributed by atoms with van der Waals surface area (Å²) >= 11 is 0. The summed E-state index contributed by atoms with van der Waals surface area (Å²) in [6.07, 6.45) is 7.96. The highest BCUT2D eigenvalue weighted by molar-refractivity contribution is 5.94. The lowest BCUT2D eigenvalue weighted by Crippen LogP contribution is -2.41. The molecular weight excluding hydrogens is 295 g/mol. The Bertz CT molecular complexity index is 621. The number of ether oxygens (including phenoxy) is 1.